The SMILES string of the molecule is NC(=O)c1ccc(C(N)=O)cc1.NCC1CCCC(CN)C1. The molecule has 0 heterocycles. The van der Waals surface area contributed by atoms with Crippen LogP contribution in [0.1, 0.15) is 46.4 Å². The molecule has 22 heavy (non-hydrogen) atoms. The number of benzene rings is 1. The van der Waals surface area contributed by atoms with Gasteiger partial charge in [-0.05, 0) is 68.5 Å². The topological polar surface area (TPSA) is 138 Å². The molecule has 1 saturated carbocycles. The first-order valence-electron chi connectivity index (χ1n) is 7.57. The van der Waals surface area contributed by atoms with Crippen molar-refractivity contribution in [1.82, 2.24) is 0 Å². The van der Waals surface area contributed by atoms with Crippen LogP contribution in [0.5, 0.6) is 0 Å². The van der Waals surface area contributed by atoms with Gasteiger partial charge in [0, 0.05) is 11.1 Å². The number of carbonyl (C=O) groups is 2. The Morgan fingerprint density at radius 3 is 1.50 bits per heavy atom. The number of nitrogens with two attached hydrogens (primary N) is 4. The highest BCUT2D eigenvalue weighted by atomic mass is 16.1. The van der Waals surface area contributed by atoms with Gasteiger partial charge in [-0.15, -0.1) is 0 Å². The zero-order chi connectivity index (χ0) is 16.5. The quantitative estimate of drug-likeness (QED) is 0.646. The van der Waals surface area contributed by atoms with Crippen LogP contribution in [0.2, 0.25) is 0 Å². The zero-order valence-electron chi connectivity index (χ0n) is 12.8. The molecule has 0 aliphatic heterocycles. The number of hydrogen-bond donors (Lipinski definition) is 4. The lowest BCUT2D eigenvalue weighted by Gasteiger charge is -2.26. The molecule has 8 N–H and O–H groups in total. The fraction of sp³-hybridized carbons (Fsp3) is 0.500. The van der Waals surface area contributed by atoms with E-state index in [2.05, 4.69) is 0 Å². The third kappa shape index (κ3) is 5.83. The van der Waals surface area contributed by atoms with Gasteiger partial charge in [0.05, 0.1) is 0 Å². The van der Waals surface area contributed by atoms with Gasteiger partial charge < -0.3 is 22.9 Å². The van der Waals surface area contributed by atoms with Gasteiger partial charge in [0.1, 0.15) is 0 Å². The maximum Gasteiger partial charge on any atom is 0.248 e. The second-order valence-electron chi connectivity index (χ2n) is 5.68. The van der Waals surface area contributed by atoms with Gasteiger partial charge in [-0.1, -0.05) is 6.42 Å². The van der Waals surface area contributed by atoms with Crippen molar-refractivity contribution >= 4 is 11.8 Å². The highest BCUT2D eigenvalue weighted by Crippen LogP contribution is 2.27. The van der Waals surface area contributed by atoms with Crippen LogP contribution in [0.4, 0.5) is 0 Å². The van der Waals surface area contributed by atoms with Gasteiger partial charge in [-0.3, -0.25) is 9.59 Å². The molecule has 0 radical (unpaired) electrons. The van der Waals surface area contributed by atoms with Crippen LogP contribution < -0.4 is 22.9 Å². The Bertz CT molecular complexity index is 444. The first-order chi connectivity index (χ1) is 10.5. The van der Waals surface area contributed by atoms with E-state index < -0.39 is 11.8 Å². The minimum atomic E-state index is -0.522. The number of primary amides is 2. The molecule has 2 amide bonds. The van der Waals surface area contributed by atoms with Crippen molar-refractivity contribution in [3.63, 3.8) is 0 Å². The van der Waals surface area contributed by atoms with E-state index in [0.717, 1.165) is 24.9 Å². The molecule has 2 atom stereocenters. The van der Waals surface area contributed by atoms with Crippen molar-refractivity contribution in [2.45, 2.75) is 25.7 Å². The minimum absolute atomic E-state index is 0.361. The first-order valence-corrected chi connectivity index (χ1v) is 7.57. The number of rotatable bonds is 4. The monoisotopic (exact) mass is 306 g/mol. The first kappa shape index (κ1) is 18.1. The van der Waals surface area contributed by atoms with Crippen molar-refractivity contribution < 1.29 is 9.59 Å². The maximum atomic E-state index is 10.6. The standard InChI is InChI=1S/C8H8N2O2.C8H18N2/c9-7(11)5-1-2-6(4-3-5)8(10)12;9-5-7-2-1-3-8(4-7)6-10/h1-4H,(H2,9,11)(H2,10,12);7-8H,1-6,9-10H2. The Morgan fingerprint density at radius 1 is 0.864 bits per heavy atom. The van der Waals surface area contributed by atoms with Crippen molar-refractivity contribution in [2.24, 2.45) is 34.8 Å². The third-order valence-electron chi connectivity index (χ3n) is 4.01. The lowest BCUT2D eigenvalue weighted by atomic mass is 9.81. The van der Waals surface area contributed by atoms with Crippen molar-refractivity contribution in [1.29, 1.82) is 0 Å². The molecule has 0 aromatic heterocycles. The molecule has 6 heteroatoms. The third-order valence-corrected chi connectivity index (χ3v) is 4.01. The van der Waals surface area contributed by atoms with E-state index in [0.29, 0.717) is 11.1 Å². The van der Waals surface area contributed by atoms with Gasteiger partial charge in [0.2, 0.25) is 11.8 Å². The van der Waals surface area contributed by atoms with Gasteiger partial charge in [0.15, 0.2) is 0 Å². The normalized spacial score (nSPS) is 20.6. The molecule has 1 aromatic rings. The molecule has 1 aliphatic carbocycles. The summed E-state index contributed by atoms with van der Waals surface area (Å²) in [5, 5.41) is 0. The Balaban J connectivity index is 0.000000224. The van der Waals surface area contributed by atoms with Crippen LogP contribution in [0.3, 0.4) is 0 Å². The Hall–Kier alpha value is -1.92. The average molecular weight is 306 g/mol. The van der Waals surface area contributed by atoms with E-state index >= 15 is 0 Å². The summed E-state index contributed by atoms with van der Waals surface area (Å²) in [7, 11) is 0. The van der Waals surface area contributed by atoms with Crippen LogP contribution in [0, 0.1) is 11.8 Å². The molecule has 1 aromatic carbocycles. The Labute approximate surface area is 131 Å². The highest BCUT2D eigenvalue weighted by Gasteiger charge is 2.19. The van der Waals surface area contributed by atoms with Gasteiger partial charge in [0.25, 0.3) is 0 Å². The maximum absolute atomic E-state index is 10.6. The molecule has 0 spiro atoms. The number of amides is 2. The predicted molar refractivity (Wildman–Crippen MR) is 87.0 cm³/mol. The van der Waals surface area contributed by atoms with E-state index in [4.69, 9.17) is 22.9 Å². The summed E-state index contributed by atoms with van der Waals surface area (Å²) < 4.78 is 0. The number of carbonyl (C=O) groups excluding carboxylic acids is 2. The van der Waals surface area contributed by atoms with Crippen LogP contribution in [0.25, 0.3) is 0 Å². The summed E-state index contributed by atoms with van der Waals surface area (Å²) in [6, 6.07) is 5.84. The largest absolute Gasteiger partial charge is 0.366 e. The number of hydrogen-bond acceptors (Lipinski definition) is 4. The van der Waals surface area contributed by atoms with Gasteiger partial charge in [-0.2, -0.15) is 0 Å². The van der Waals surface area contributed by atoms with Crippen LogP contribution in [0.15, 0.2) is 24.3 Å². The van der Waals surface area contributed by atoms with Crippen molar-refractivity contribution in [2.75, 3.05) is 13.1 Å². The van der Waals surface area contributed by atoms with E-state index in [1.54, 1.807) is 0 Å². The molecular weight excluding hydrogens is 280 g/mol. The van der Waals surface area contributed by atoms with Crippen LogP contribution >= 0.6 is 0 Å². The molecular formula is C16H26N4O2. The van der Waals surface area contributed by atoms with Crippen LogP contribution in [-0.2, 0) is 0 Å². The van der Waals surface area contributed by atoms with E-state index in [9.17, 15) is 9.59 Å². The average Bonchev–Trinajstić information content (AvgIpc) is 2.55. The summed E-state index contributed by atoms with van der Waals surface area (Å²) in [6.45, 7) is 1.72. The second-order valence-corrected chi connectivity index (χ2v) is 5.68. The summed E-state index contributed by atoms with van der Waals surface area (Å²) in [5.74, 6) is 0.488. The van der Waals surface area contributed by atoms with Crippen LogP contribution in [-0.4, -0.2) is 24.9 Å². The molecule has 0 saturated heterocycles. The lowest BCUT2D eigenvalue weighted by molar-refractivity contribution is 0.0988. The zero-order valence-corrected chi connectivity index (χ0v) is 12.8. The molecule has 1 fully saturated rings. The Kier molecular flexibility index (Phi) is 7.56. The molecule has 1 aliphatic rings. The highest BCUT2D eigenvalue weighted by molar-refractivity contribution is 5.96. The molecule has 0 bridgehead atoms. The van der Waals surface area contributed by atoms with Crippen molar-refractivity contribution in [3.8, 4) is 0 Å². The summed E-state index contributed by atoms with van der Waals surface area (Å²) in [4.78, 5) is 21.2. The molecule has 6 nitrogen and oxygen atoms in total. The van der Waals surface area contributed by atoms with E-state index in [-0.39, 0.29) is 0 Å². The summed E-state index contributed by atoms with van der Waals surface area (Å²) >= 11 is 0. The van der Waals surface area contributed by atoms with Gasteiger partial charge in [-0.25, -0.2) is 0 Å². The van der Waals surface area contributed by atoms with E-state index in [1.165, 1.54) is 49.9 Å². The van der Waals surface area contributed by atoms with E-state index in [1.807, 2.05) is 0 Å². The smallest absolute Gasteiger partial charge is 0.248 e. The fourth-order valence-corrected chi connectivity index (χ4v) is 2.63. The van der Waals surface area contributed by atoms with Gasteiger partial charge >= 0.3 is 0 Å². The lowest BCUT2D eigenvalue weighted by Crippen LogP contribution is -2.26. The predicted octanol–water partition coefficient (Wildman–Crippen LogP) is 0.595. The Morgan fingerprint density at radius 2 is 1.23 bits per heavy atom. The fourth-order valence-electron chi connectivity index (χ4n) is 2.63. The molecule has 2 unspecified atom stereocenters. The molecule has 2 rings (SSSR count). The second kappa shape index (κ2) is 9.17. The summed E-state index contributed by atoms with van der Waals surface area (Å²) in [5.41, 5.74) is 21.9. The molecule has 122 valence electrons. The summed E-state index contributed by atoms with van der Waals surface area (Å²) in [6.07, 6.45) is 5.26. The minimum Gasteiger partial charge on any atom is -0.366 e. The van der Waals surface area contributed by atoms with Crippen molar-refractivity contribution in [3.05, 3.63) is 35.4 Å².